The van der Waals surface area contributed by atoms with Gasteiger partial charge in [0.25, 0.3) is 0 Å². The summed E-state index contributed by atoms with van der Waals surface area (Å²) < 4.78 is 0. The third-order valence-corrected chi connectivity index (χ3v) is 7.27. The fourth-order valence-electron chi connectivity index (χ4n) is 4.51. The SMILES string of the molecule is CCCCCc1ccncc1.CCCCCc1ccncc1.CCCCCc1ccncc1.CCCCCc1ccncc1.[Mn+3]. The van der Waals surface area contributed by atoms with Crippen molar-refractivity contribution in [1.82, 2.24) is 19.9 Å². The first-order chi connectivity index (χ1) is 21.7. The minimum absolute atomic E-state index is 0. The molecule has 4 heterocycles. The quantitative estimate of drug-likeness (QED) is 0.0893. The Bertz CT molecular complexity index is 914. The average Bonchev–Trinajstić information content (AvgIpc) is 3.08. The van der Waals surface area contributed by atoms with E-state index >= 15 is 0 Å². The van der Waals surface area contributed by atoms with E-state index in [9.17, 15) is 0 Å². The predicted octanol–water partition coefficient (Wildman–Crippen LogP) is 11.3. The molecule has 4 rings (SSSR count). The van der Waals surface area contributed by atoms with Gasteiger partial charge >= 0.3 is 17.1 Å². The van der Waals surface area contributed by atoms with E-state index in [-0.39, 0.29) is 17.1 Å². The average molecular weight is 652 g/mol. The summed E-state index contributed by atoms with van der Waals surface area (Å²) in [6.07, 6.45) is 35.5. The molecule has 244 valence electrons. The van der Waals surface area contributed by atoms with E-state index in [1.54, 1.807) is 0 Å². The van der Waals surface area contributed by atoms with Crippen LogP contribution in [0.25, 0.3) is 0 Å². The number of pyridine rings is 4. The molecule has 0 spiro atoms. The number of aromatic nitrogens is 4. The number of nitrogens with zero attached hydrogens (tertiary/aromatic N) is 4. The summed E-state index contributed by atoms with van der Waals surface area (Å²) in [5.74, 6) is 0. The molecule has 0 bridgehead atoms. The molecule has 0 aliphatic rings. The third-order valence-electron chi connectivity index (χ3n) is 7.27. The van der Waals surface area contributed by atoms with Crippen LogP contribution >= 0.6 is 0 Å². The molecule has 0 saturated carbocycles. The summed E-state index contributed by atoms with van der Waals surface area (Å²) >= 11 is 0. The van der Waals surface area contributed by atoms with Crippen LogP contribution in [-0.4, -0.2) is 19.9 Å². The minimum Gasteiger partial charge on any atom is -0.265 e. The van der Waals surface area contributed by atoms with Crippen LogP contribution in [0.3, 0.4) is 0 Å². The molecule has 5 heteroatoms. The Labute approximate surface area is 286 Å². The van der Waals surface area contributed by atoms with E-state index in [0.29, 0.717) is 0 Å². The first-order valence-electron chi connectivity index (χ1n) is 17.3. The second-order valence-electron chi connectivity index (χ2n) is 11.3. The summed E-state index contributed by atoms with van der Waals surface area (Å²) in [5.41, 5.74) is 5.64. The largest absolute Gasteiger partial charge is 3.00 e. The second-order valence-corrected chi connectivity index (χ2v) is 11.3. The Morgan fingerprint density at radius 2 is 0.489 bits per heavy atom. The van der Waals surface area contributed by atoms with Crippen LogP contribution in [0.15, 0.2) is 98.1 Å². The topological polar surface area (TPSA) is 51.6 Å². The van der Waals surface area contributed by atoms with Gasteiger partial charge in [0.2, 0.25) is 0 Å². The summed E-state index contributed by atoms with van der Waals surface area (Å²) in [6.45, 7) is 8.91. The van der Waals surface area contributed by atoms with Crippen LogP contribution in [-0.2, 0) is 42.8 Å². The van der Waals surface area contributed by atoms with Gasteiger partial charge in [-0.3, -0.25) is 19.9 Å². The maximum absolute atomic E-state index is 3.97. The molecular formula is C40H60MnN4+3. The van der Waals surface area contributed by atoms with E-state index < -0.39 is 0 Å². The van der Waals surface area contributed by atoms with Crippen molar-refractivity contribution in [2.24, 2.45) is 0 Å². The zero-order valence-corrected chi connectivity index (χ0v) is 29.9. The molecule has 0 radical (unpaired) electrons. The predicted molar refractivity (Wildman–Crippen MR) is 190 cm³/mol. The van der Waals surface area contributed by atoms with E-state index in [1.165, 1.54) is 125 Å². The monoisotopic (exact) mass is 651 g/mol. The first-order valence-corrected chi connectivity index (χ1v) is 17.3. The normalized spacial score (nSPS) is 9.69. The molecule has 4 aromatic heterocycles. The van der Waals surface area contributed by atoms with E-state index in [1.807, 2.05) is 49.6 Å². The van der Waals surface area contributed by atoms with Gasteiger partial charge in [0.15, 0.2) is 0 Å². The molecule has 0 fully saturated rings. The molecule has 0 N–H and O–H groups in total. The van der Waals surface area contributed by atoms with Crippen LogP contribution in [0.5, 0.6) is 0 Å². The molecule has 0 aliphatic heterocycles. The van der Waals surface area contributed by atoms with Gasteiger partial charge in [-0.05, 0) is 122 Å². The zero-order valence-electron chi connectivity index (χ0n) is 28.7. The maximum atomic E-state index is 3.97. The van der Waals surface area contributed by atoms with Gasteiger partial charge in [0.05, 0.1) is 0 Å². The van der Waals surface area contributed by atoms with Crippen molar-refractivity contribution in [3.05, 3.63) is 120 Å². The van der Waals surface area contributed by atoms with Gasteiger partial charge < -0.3 is 0 Å². The van der Waals surface area contributed by atoms with Gasteiger partial charge in [-0.25, -0.2) is 0 Å². The van der Waals surface area contributed by atoms with Crippen molar-refractivity contribution in [2.75, 3.05) is 0 Å². The molecule has 0 aliphatic carbocycles. The fourth-order valence-corrected chi connectivity index (χ4v) is 4.51. The Kier molecular flexibility index (Phi) is 30.4. The molecule has 0 aromatic carbocycles. The molecule has 0 saturated heterocycles. The van der Waals surface area contributed by atoms with Crippen molar-refractivity contribution >= 4 is 0 Å². The van der Waals surface area contributed by atoms with Crippen LogP contribution < -0.4 is 0 Å². The summed E-state index contributed by atoms with van der Waals surface area (Å²) in [5, 5.41) is 0. The van der Waals surface area contributed by atoms with Gasteiger partial charge in [-0.2, -0.15) is 0 Å². The van der Waals surface area contributed by atoms with Crippen molar-refractivity contribution in [1.29, 1.82) is 0 Å². The molecule has 45 heavy (non-hydrogen) atoms. The molecule has 4 aromatic rings. The molecule has 0 atom stereocenters. The van der Waals surface area contributed by atoms with Crippen molar-refractivity contribution < 1.29 is 17.1 Å². The number of aryl methyl sites for hydroxylation is 4. The maximum Gasteiger partial charge on any atom is 3.00 e. The van der Waals surface area contributed by atoms with Crippen LogP contribution in [0, 0.1) is 0 Å². The number of rotatable bonds is 16. The second kappa shape index (κ2) is 32.5. The number of hydrogen-bond acceptors (Lipinski definition) is 4. The summed E-state index contributed by atoms with van der Waals surface area (Å²) in [6, 6.07) is 16.7. The Hall–Kier alpha value is -2.88. The van der Waals surface area contributed by atoms with Crippen molar-refractivity contribution in [2.45, 2.75) is 130 Å². The van der Waals surface area contributed by atoms with E-state index in [4.69, 9.17) is 0 Å². The van der Waals surface area contributed by atoms with Gasteiger partial charge in [-0.15, -0.1) is 0 Å². The Balaban J connectivity index is 0.000000569. The molecular weight excluding hydrogens is 591 g/mol. The van der Waals surface area contributed by atoms with Gasteiger partial charge in [0.1, 0.15) is 0 Å². The van der Waals surface area contributed by atoms with Crippen molar-refractivity contribution in [3.63, 3.8) is 0 Å². The Morgan fingerprint density at radius 1 is 0.311 bits per heavy atom. The van der Waals surface area contributed by atoms with Gasteiger partial charge in [0, 0.05) is 49.6 Å². The van der Waals surface area contributed by atoms with Crippen LogP contribution in [0.4, 0.5) is 0 Å². The summed E-state index contributed by atoms with van der Waals surface area (Å²) in [4.78, 5) is 15.9. The first kappa shape index (κ1) is 42.1. The number of unbranched alkanes of at least 4 members (excludes halogenated alkanes) is 8. The minimum atomic E-state index is 0. The Morgan fingerprint density at radius 3 is 0.644 bits per heavy atom. The molecule has 0 unspecified atom stereocenters. The van der Waals surface area contributed by atoms with Gasteiger partial charge in [-0.1, -0.05) is 79.1 Å². The fraction of sp³-hybridized carbons (Fsp3) is 0.500. The standard InChI is InChI=1S/4C10H15N.Mn/c4*1-2-3-4-5-10-6-8-11-9-7-10;/h4*6-9H,2-5H2,1H3;/q;;;;+3. The molecule has 4 nitrogen and oxygen atoms in total. The molecule has 0 amide bonds. The smallest absolute Gasteiger partial charge is 0.265 e. The van der Waals surface area contributed by atoms with Crippen LogP contribution in [0.1, 0.15) is 127 Å². The third kappa shape index (κ3) is 26.1. The zero-order chi connectivity index (χ0) is 31.8. The number of hydrogen-bond donors (Lipinski definition) is 0. The van der Waals surface area contributed by atoms with E-state index in [2.05, 4.69) is 96.2 Å². The van der Waals surface area contributed by atoms with Crippen molar-refractivity contribution in [3.8, 4) is 0 Å². The van der Waals surface area contributed by atoms with E-state index in [0.717, 1.165) is 0 Å². The summed E-state index contributed by atoms with van der Waals surface area (Å²) in [7, 11) is 0. The van der Waals surface area contributed by atoms with Crippen LogP contribution in [0.2, 0.25) is 0 Å².